The molecule has 0 spiro atoms. The molecule has 4 amide bonds. The number of hydrogen-bond acceptors (Lipinski definition) is 6. The third kappa shape index (κ3) is 8.91. The van der Waals surface area contributed by atoms with Crippen LogP contribution in [0.25, 0.3) is 0 Å². The van der Waals surface area contributed by atoms with Crippen molar-refractivity contribution >= 4 is 87.5 Å². The summed E-state index contributed by atoms with van der Waals surface area (Å²) < 4.78 is 53.3. The van der Waals surface area contributed by atoms with E-state index in [-0.39, 0.29) is 26.2 Å². The monoisotopic (exact) mass is 761 g/mol. The van der Waals surface area contributed by atoms with Crippen molar-refractivity contribution < 1.29 is 41.8 Å². The highest BCUT2D eigenvalue weighted by molar-refractivity contribution is 6.53. The minimum Gasteiger partial charge on any atom is -0.443 e. The summed E-state index contributed by atoms with van der Waals surface area (Å²) in [7, 11) is 0. The number of rotatable bonds is 6. The molecule has 0 aliphatic heterocycles. The molecule has 2 N–H and O–H groups in total. The van der Waals surface area contributed by atoms with Gasteiger partial charge in [-0.3, -0.25) is 9.59 Å². The summed E-state index contributed by atoms with van der Waals surface area (Å²) in [6, 6.07) is 8.76. The van der Waals surface area contributed by atoms with Crippen LogP contribution in [0.5, 0.6) is 0 Å². The molecule has 49 heavy (non-hydrogen) atoms. The fourth-order valence-electron chi connectivity index (χ4n) is 4.65. The highest BCUT2D eigenvalue weighted by atomic mass is 35.5. The van der Waals surface area contributed by atoms with Crippen LogP contribution in [0.3, 0.4) is 0 Å². The molecule has 0 unspecified atom stereocenters. The Morgan fingerprint density at radius 2 is 1.35 bits per heavy atom. The number of alkyl halides is 2. The predicted molar refractivity (Wildman–Crippen MR) is 181 cm³/mol. The lowest BCUT2D eigenvalue weighted by Gasteiger charge is -2.29. The minimum atomic E-state index is -1.53. The number of halogens is 7. The molecule has 4 rings (SSSR count). The highest BCUT2D eigenvalue weighted by Crippen LogP contribution is 2.65. The summed E-state index contributed by atoms with van der Waals surface area (Å²) in [6.45, 7) is 9.06. The molecule has 1 aliphatic rings. The molecule has 9 nitrogen and oxygen atoms in total. The van der Waals surface area contributed by atoms with Crippen LogP contribution in [0.2, 0.25) is 10.0 Å². The molecule has 3 aromatic carbocycles. The number of carbonyl (C=O) groups is 4. The first-order valence-electron chi connectivity index (χ1n) is 14.5. The molecule has 3 aromatic rings. The fraction of sp³-hybridized carbons (Fsp3) is 0.333. The number of hydrogen-bond donors (Lipinski definition) is 2. The van der Waals surface area contributed by atoms with Gasteiger partial charge in [0, 0.05) is 23.7 Å². The van der Waals surface area contributed by atoms with Crippen molar-refractivity contribution in [2.45, 2.75) is 63.0 Å². The normalized spacial score (nSPS) is 16.8. The van der Waals surface area contributed by atoms with E-state index in [1.807, 2.05) is 0 Å². The number of anilines is 3. The lowest BCUT2D eigenvalue weighted by Crippen LogP contribution is -2.44. The lowest BCUT2D eigenvalue weighted by atomic mass is 10.1. The summed E-state index contributed by atoms with van der Waals surface area (Å²) in [6.07, 6.45) is -2.66. The molecular formula is C33H30Cl4F3N3O6. The Bertz CT molecular complexity index is 1820. The topological polar surface area (TPSA) is 114 Å². The van der Waals surface area contributed by atoms with Crippen LogP contribution in [-0.4, -0.2) is 39.5 Å². The van der Waals surface area contributed by atoms with E-state index in [0.29, 0.717) is 17.7 Å². The van der Waals surface area contributed by atoms with Gasteiger partial charge in [-0.25, -0.2) is 22.8 Å². The quantitative estimate of drug-likeness (QED) is 0.242. The van der Waals surface area contributed by atoms with Crippen LogP contribution in [0.1, 0.15) is 63.4 Å². The first kappa shape index (κ1) is 38.1. The number of ether oxygens (including phenoxy) is 2. The van der Waals surface area contributed by atoms with E-state index in [0.717, 1.165) is 6.07 Å². The van der Waals surface area contributed by atoms with Crippen LogP contribution in [0.4, 0.5) is 39.8 Å². The van der Waals surface area contributed by atoms with E-state index in [2.05, 4.69) is 10.6 Å². The fourth-order valence-corrected chi connectivity index (χ4v) is 5.87. The summed E-state index contributed by atoms with van der Waals surface area (Å²) in [5, 5.41) is 4.49. The van der Waals surface area contributed by atoms with E-state index in [1.165, 1.54) is 71.9 Å². The van der Waals surface area contributed by atoms with Gasteiger partial charge >= 0.3 is 12.2 Å². The number of carbonyl (C=O) groups excluding carboxylic acids is 4. The van der Waals surface area contributed by atoms with E-state index in [9.17, 15) is 23.6 Å². The third-order valence-corrected chi connectivity index (χ3v) is 8.35. The van der Waals surface area contributed by atoms with Gasteiger partial charge in [-0.2, -0.15) is 4.90 Å². The van der Waals surface area contributed by atoms with Crippen molar-refractivity contribution in [2.75, 3.05) is 15.5 Å². The summed E-state index contributed by atoms with van der Waals surface area (Å²) in [5.41, 5.74) is -3.44. The van der Waals surface area contributed by atoms with Gasteiger partial charge in [0.1, 0.15) is 33.0 Å². The van der Waals surface area contributed by atoms with Gasteiger partial charge in [-0.1, -0.05) is 29.3 Å². The summed E-state index contributed by atoms with van der Waals surface area (Å²) in [5.74, 6) is -6.50. The second kappa shape index (κ2) is 13.9. The van der Waals surface area contributed by atoms with Gasteiger partial charge in [0.2, 0.25) is 5.91 Å². The molecule has 0 saturated heterocycles. The zero-order chi connectivity index (χ0) is 36.8. The number of benzene rings is 3. The average Bonchev–Trinajstić information content (AvgIpc) is 3.53. The van der Waals surface area contributed by atoms with Crippen LogP contribution < -0.4 is 15.5 Å². The molecule has 2 atom stereocenters. The predicted octanol–water partition coefficient (Wildman–Crippen LogP) is 9.87. The van der Waals surface area contributed by atoms with Crippen molar-refractivity contribution in [3.63, 3.8) is 0 Å². The zero-order valence-electron chi connectivity index (χ0n) is 26.8. The van der Waals surface area contributed by atoms with Gasteiger partial charge in [-0.15, -0.1) is 23.2 Å². The molecule has 1 aliphatic carbocycles. The van der Waals surface area contributed by atoms with Crippen LogP contribution >= 0.6 is 46.4 Å². The molecule has 0 aromatic heterocycles. The van der Waals surface area contributed by atoms with Crippen LogP contribution in [-0.2, 0) is 14.3 Å². The van der Waals surface area contributed by atoms with Crippen LogP contribution in [0.15, 0.2) is 48.5 Å². The molecule has 262 valence electrons. The summed E-state index contributed by atoms with van der Waals surface area (Å²) >= 11 is 24.8. The first-order valence-corrected chi connectivity index (χ1v) is 16.0. The maximum absolute atomic E-state index is 15.5. The molecular weight excluding hydrogens is 733 g/mol. The largest absolute Gasteiger partial charge is 0.443 e. The van der Waals surface area contributed by atoms with Gasteiger partial charge in [0.25, 0.3) is 5.91 Å². The van der Waals surface area contributed by atoms with E-state index in [1.54, 1.807) is 0 Å². The molecule has 0 heterocycles. The van der Waals surface area contributed by atoms with Gasteiger partial charge in [-0.05, 0) is 77.4 Å². The third-order valence-electron chi connectivity index (χ3n) is 6.80. The van der Waals surface area contributed by atoms with Crippen molar-refractivity contribution in [2.24, 2.45) is 5.92 Å². The lowest BCUT2D eigenvalue weighted by molar-refractivity contribution is -0.117. The standard InChI is InChI=1S/C33H30Cl4F3N3O6/c1-31(2,3)48-29(46)43(30(47)49-32(4,5)6)24-14-21(39)23(13-22(24)40)42-27(44)17-12-16(8-9-18(17)34)41-28(45)26-25(33(26,36)37)15-7-10-20(38)19(35)11-15/h7-14,25-26H,1-6H3,(H,41,45)(H,42,44)/t25-,26+/m0/s1. The highest BCUT2D eigenvalue weighted by Gasteiger charge is 2.67. The Labute approximate surface area is 299 Å². The van der Waals surface area contributed by atoms with Crippen molar-refractivity contribution in [3.05, 3.63) is 87.2 Å². The Kier molecular flexibility index (Phi) is 10.8. The second-order valence-corrected chi connectivity index (χ2v) is 15.3. The maximum atomic E-state index is 15.5. The van der Waals surface area contributed by atoms with E-state index in [4.69, 9.17) is 55.9 Å². The van der Waals surface area contributed by atoms with E-state index < -0.39 is 80.2 Å². The Hall–Kier alpha value is -3.71. The van der Waals surface area contributed by atoms with Crippen molar-refractivity contribution in [1.82, 2.24) is 0 Å². The molecule has 1 saturated carbocycles. The number of nitrogens with zero attached hydrogens (tertiary/aromatic N) is 1. The first-order chi connectivity index (χ1) is 22.5. The van der Waals surface area contributed by atoms with Crippen LogP contribution in [0, 0.1) is 23.4 Å². The maximum Gasteiger partial charge on any atom is 0.424 e. The van der Waals surface area contributed by atoms with Gasteiger partial charge < -0.3 is 20.1 Å². The smallest absolute Gasteiger partial charge is 0.424 e. The Morgan fingerprint density at radius 3 is 1.90 bits per heavy atom. The second-order valence-electron chi connectivity index (χ2n) is 13.0. The molecule has 0 bridgehead atoms. The molecule has 1 fully saturated rings. The van der Waals surface area contributed by atoms with Gasteiger partial charge in [0.15, 0.2) is 0 Å². The summed E-state index contributed by atoms with van der Waals surface area (Å²) in [4.78, 5) is 52.3. The molecule has 0 radical (unpaired) electrons. The average molecular weight is 763 g/mol. The zero-order valence-corrected chi connectivity index (χ0v) is 29.8. The SMILES string of the molecule is CC(C)(C)OC(=O)N(C(=O)OC(C)(C)C)c1cc(F)c(NC(=O)c2cc(NC(=O)[C@H]3[C@H](c4ccc(F)c(Cl)c4)C3(Cl)Cl)ccc2Cl)cc1F. The van der Waals surface area contributed by atoms with Crippen molar-refractivity contribution in [1.29, 1.82) is 0 Å². The van der Waals surface area contributed by atoms with Crippen molar-refractivity contribution in [3.8, 4) is 0 Å². The number of amides is 4. The van der Waals surface area contributed by atoms with E-state index >= 15 is 8.78 Å². The number of imide groups is 1. The van der Waals surface area contributed by atoms with Gasteiger partial charge in [0.05, 0.1) is 32.9 Å². The number of nitrogens with one attached hydrogen (secondary N) is 2. The molecule has 16 heteroatoms. The minimum absolute atomic E-state index is 0.0823. The Morgan fingerprint density at radius 1 is 0.755 bits per heavy atom. The Balaban J connectivity index is 1.55.